The third-order valence-corrected chi connectivity index (χ3v) is 2.77. The molecule has 0 aliphatic heterocycles. The molecule has 3 nitrogen and oxygen atoms in total. The van der Waals surface area contributed by atoms with Crippen LogP contribution in [0.5, 0.6) is 0 Å². The van der Waals surface area contributed by atoms with Crippen molar-refractivity contribution in [3.8, 4) is 0 Å². The third kappa shape index (κ3) is 3.36. The van der Waals surface area contributed by atoms with Crippen molar-refractivity contribution in [3.63, 3.8) is 0 Å². The van der Waals surface area contributed by atoms with E-state index in [0.717, 1.165) is 12.2 Å². The molecule has 0 saturated carbocycles. The molecule has 1 atom stereocenters. The molecule has 2 rings (SSSR count). The molecular formula is C14H17N3. The van der Waals surface area contributed by atoms with Crippen molar-refractivity contribution >= 4 is 0 Å². The average Bonchev–Trinajstić information content (AvgIpc) is 2.39. The zero-order chi connectivity index (χ0) is 12.1. The number of aryl methyl sites for hydroxylation is 1. The van der Waals surface area contributed by atoms with Crippen LogP contribution in [0.2, 0.25) is 0 Å². The smallest absolute Gasteiger partial charge is 0.0372 e. The summed E-state index contributed by atoms with van der Waals surface area (Å²) in [5.74, 6) is 0. The quantitative estimate of drug-likeness (QED) is 0.872. The molecular weight excluding hydrogens is 210 g/mol. The topological polar surface area (TPSA) is 37.8 Å². The molecule has 0 aliphatic carbocycles. The Morgan fingerprint density at radius 2 is 2.12 bits per heavy atom. The minimum atomic E-state index is 0.296. The molecule has 1 N–H and O–H groups in total. The van der Waals surface area contributed by atoms with Gasteiger partial charge >= 0.3 is 0 Å². The van der Waals surface area contributed by atoms with Crippen LogP contribution in [0, 0.1) is 6.92 Å². The van der Waals surface area contributed by atoms with Gasteiger partial charge in [-0.1, -0.05) is 12.1 Å². The third-order valence-electron chi connectivity index (χ3n) is 2.77. The molecule has 0 bridgehead atoms. The number of aromatic nitrogens is 2. The van der Waals surface area contributed by atoms with Crippen LogP contribution in [0.15, 0.2) is 42.9 Å². The molecule has 0 fully saturated rings. The zero-order valence-corrected chi connectivity index (χ0v) is 10.2. The molecule has 0 amide bonds. The highest BCUT2D eigenvalue weighted by Crippen LogP contribution is 2.10. The molecule has 0 spiro atoms. The second kappa shape index (κ2) is 5.55. The Hall–Kier alpha value is -1.74. The van der Waals surface area contributed by atoms with Crippen LogP contribution in [-0.2, 0) is 6.54 Å². The van der Waals surface area contributed by atoms with E-state index in [-0.39, 0.29) is 0 Å². The highest BCUT2D eigenvalue weighted by molar-refractivity contribution is 5.15. The summed E-state index contributed by atoms with van der Waals surface area (Å²) in [5.41, 5.74) is 3.45. The SMILES string of the molecule is Cc1ccc(CN[C@@H](C)c2cccnc2)cn1. The monoisotopic (exact) mass is 227 g/mol. The van der Waals surface area contributed by atoms with E-state index in [4.69, 9.17) is 0 Å². The van der Waals surface area contributed by atoms with Crippen LogP contribution in [-0.4, -0.2) is 9.97 Å². The van der Waals surface area contributed by atoms with Gasteiger partial charge in [-0.15, -0.1) is 0 Å². The maximum Gasteiger partial charge on any atom is 0.0372 e. The van der Waals surface area contributed by atoms with Crippen molar-refractivity contribution < 1.29 is 0 Å². The predicted molar refractivity (Wildman–Crippen MR) is 68.5 cm³/mol. The number of nitrogens with one attached hydrogen (secondary N) is 1. The molecule has 0 radical (unpaired) electrons. The maximum atomic E-state index is 4.28. The van der Waals surface area contributed by atoms with Crippen molar-refractivity contribution in [2.45, 2.75) is 26.4 Å². The van der Waals surface area contributed by atoms with Crippen LogP contribution < -0.4 is 5.32 Å². The van der Waals surface area contributed by atoms with Gasteiger partial charge < -0.3 is 5.32 Å². The minimum absolute atomic E-state index is 0.296. The molecule has 2 aromatic heterocycles. The van der Waals surface area contributed by atoms with Crippen molar-refractivity contribution in [2.75, 3.05) is 0 Å². The maximum absolute atomic E-state index is 4.28. The van der Waals surface area contributed by atoms with Gasteiger partial charge in [-0.05, 0) is 37.1 Å². The zero-order valence-electron chi connectivity index (χ0n) is 10.2. The average molecular weight is 227 g/mol. The molecule has 17 heavy (non-hydrogen) atoms. The largest absolute Gasteiger partial charge is 0.306 e. The van der Waals surface area contributed by atoms with E-state index in [0.29, 0.717) is 6.04 Å². The number of pyridine rings is 2. The standard InChI is InChI=1S/C14H17N3/c1-11-5-6-13(8-16-11)9-17-12(2)14-4-3-7-15-10-14/h3-8,10,12,17H,9H2,1-2H3/t12-/m0/s1. The summed E-state index contributed by atoms with van der Waals surface area (Å²) in [7, 11) is 0. The fourth-order valence-corrected chi connectivity index (χ4v) is 1.62. The summed E-state index contributed by atoms with van der Waals surface area (Å²) in [4.78, 5) is 8.40. The number of hydrogen-bond donors (Lipinski definition) is 1. The lowest BCUT2D eigenvalue weighted by Crippen LogP contribution is -2.18. The fraction of sp³-hybridized carbons (Fsp3) is 0.286. The van der Waals surface area contributed by atoms with Crippen LogP contribution >= 0.6 is 0 Å². The molecule has 2 aromatic rings. The van der Waals surface area contributed by atoms with Crippen molar-refractivity contribution in [3.05, 3.63) is 59.7 Å². The van der Waals surface area contributed by atoms with E-state index in [1.807, 2.05) is 31.5 Å². The summed E-state index contributed by atoms with van der Waals surface area (Å²) in [6.45, 7) is 4.96. The van der Waals surface area contributed by atoms with Gasteiger partial charge in [0.1, 0.15) is 0 Å². The normalized spacial score (nSPS) is 12.4. The van der Waals surface area contributed by atoms with Gasteiger partial charge in [-0.2, -0.15) is 0 Å². The lowest BCUT2D eigenvalue weighted by Gasteiger charge is -2.13. The van der Waals surface area contributed by atoms with Crippen molar-refractivity contribution in [1.29, 1.82) is 0 Å². The Bertz CT molecular complexity index is 451. The first kappa shape index (κ1) is 11.7. The lowest BCUT2D eigenvalue weighted by molar-refractivity contribution is 0.572. The van der Waals surface area contributed by atoms with Gasteiger partial charge in [-0.25, -0.2) is 0 Å². The van der Waals surface area contributed by atoms with E-state index in [9.17, 15) is 0 Å². The molecule has 3 heteroatoms. The highest BCUT2D eigenvalue weighted by atomic mass is 14.9. The van der Waals surface area contributed by atoms with Crippen molar-refractivity contribution in [1.82, 2.24) is 15.3 Å². The van der Waals surface area contributed by atoms with Crippen molar-refractivity contribution in [2.24, 2.45) is 0 Å². The summed E-state index contributed by atoms with van der Waals surface area (Å²) < 4.78 is 0. The van der Waals surface area contributed by atoms with E-state index >= 15 is 0 Å². The fourth-order valence-electron chi connectivity index (χ4n) is 1.62. The first-order valence-corrected chi connectivity index (χ1v) is 5.80. The van der Waals surface area contributed by atoms with Gasteiger partial charge in [0.15, 0.2) is 0 Å². The Balaban J connectivity index is 1.92. The number of rotatable bonds is 4. The van der Waals surface area contributed by atoms with Gasteiger partial charge in [0, 0.05) is 36.9 Å². The lowest BCUT2D eigenvalue weighted by atomic mass is 10.1. The van der Waals surface area contributed by atoms with E-state index in [1.165, 1.54) is 11.1 Å². The van der Waals surface area contributed by atoms with E-state index < -0.39 is 0 Å². The Kier molecular flexibility index (Phi) is 3.83. The second-order valence-electron chi connectivity index (χ2n) is 4.20. The molecule has 88 valence electrons. The molecule has 0 aromatic carbocycles. The van der Waals surface area contributed by atoms with Crippen LogP contribution in [0.3, 0.4) is 0 Å². The van der Waals surface area contributed by atoms with Gasteiger partial charge in [-0.3, -0.25) is 9.97 Å². The van der Waals surface area contributed by atoms with Gasteiger partial charge in [0.05, 0.1) is 0 Å². The summed E-state index contributed by atoms with van der Waals surface area (Å²) >= 11 is 0. The summed E-state index contributed by atoms with van der Waals surface area (Å²) in [6.07, 6.45) is 5.60. The molecule has 2 heterocycles. The Morgan fingerprint density at radius 3 is 2.76 bits per heavy atom. The van der Waals surface area contributed by atoms with Gasteiger partial charge in [0.25, 0.3) is 0 Å². The molecule has 0 unspecified atom stereocenters. The highest BCUT2D eigenvalue weighted by Gasteiger charge is 2.04. The second-order valence-corrected chi connectivity index (χ2v) is 4.20. The van der Waals surface area contributed by atoms with E-state index in [2.05, 4.69) is 34.3 Å². The van der Waals surface area contributed by atoms with E-state index in [1.54, 1.807) is 6.20 Å². The summed E-state index contributed by atoms with van der Waals surface area (Å²) in [6, 6.07) is 8.47. The number of hydrogen-bond acceptors (Lipinski definition) is 3. The van der Waals surface area contributed by atoms with Crippen LogP contribution in [0.4, 0.5) is 0 Å². The van der Waals surface area contributed by atoms with Crippen LogP contribution in [0.1, 0.15) is 29.8 Å². The van der Waals surface area contributed by atoms with Crippen LogP contribution in [0.25, 0.3) is 0 Å². The first-order chi connectivity index (χ1) is 8.25. The Morgan fingerprint density at radius 1 is 1.24 bits per heavy atom. The summed E-state index contributed by atoms with van der Waals surface area (Å²) in [5, 5.41) is 3.45. The first-order valence-electron chi connectivity index (χ1n) is 5.80. The Labute approximate surface area is 102 Å². The van der Waals surface area contributed by atoms with Gasteiger partial charge in [0.2, 0.25) is 0 Å². The predicted octanol–water partition coefficient (Wildman–Crippen LogP) is 2.64. The number of nitrogens with zero attached hydrogens (tertiary/aromatic N) is 2. The molecule has 0 saturated heterocycles. The molecule has 0 aliphatic rings. The minimum Gasteiger partial charge on any atom is -0.306 e.